The highest BCUT2D eigenvalue weighted by Crippen LogP contribution is 2.16. The van der Waals surface area contributed by atoms with Gasteiger partial charge in [0.25, 0.3) is 0 Å². The third-order valence-corrected chi connectivity index (χ3v) is 3.23. The van der Waals surface area contributed by atoms with Gasteiger partial charge in [-0.25, -0.2) is 0 Å². The van der Waals surface area contributed by atoms with Gasteiger partial charge in [0.1, 0.15) is 18.1 Å². The molecule has 5 nitrogen and oxygen atoms in total. The van der Waals surface area contributed by atoms with Gasteiger partial charge in [-0.2, -0.15) is 0 Å². The van der Waals surface area contributed by atoms with E-state index in [-0.39, 0.29) is 12.5 Å². The van der Waals surface area contributed by atoms with Crippen molar-refractivity contribution in [1.29, 1.82) is 0 Å². The van der Waals surface area contributed by atoms with E-state index in [1.165, 1.54) is 0 Å². The number of hydrogen-bond donors (Lipinski definition) is 2. The van der Waals surface area contributed by atoms with Gasteiger partial charge in [0.05, 0.1) is 13.7 Å². The van der Waals surface area contributed by atoms with Crippen molar-refractivity contribution in [1.82, 2.24) is 5.32 Å². The van der Waals surface area contributed by atoms with Crippen LogP contribution in [-0.2, 0) is 4.79 Å². The number of carbonyl (C=O) groups excluding carboxylic acids is 1. The van der Waals surface area contributed by atoms with Gasteiger partial charge in [0.15, 0.2) is 0 Å². The molecule has 0 aromatic heterocycles. The summed E-state index contributed by atoms with van der Waals surface area (Å²) >= 11 is 0. The number of ether oxygens (including phenoxy) is 2. The summed E-state index contributed by atoms with van der Waals surface area (Å²) in [7, 11) is 1.63. The Labute approximate surface area is 136 Å². The first-order chi connectivity index (χ1) is 11.2. The minimum Gasteiger partial charge on any atom is -0.497 e. The Bertz CT molecular complexity index is 609. The van der Waals surface area contributed by atoms with E-state index >= 15 is 0 Å². The fourth-order valence-electron chi connectivity index (χ4n) is 1.96. The SMILES string of the molecule is COc1ccc(OCCNCC(=O)Nc2ccc(C)cc2)cc1. The molecule has 2 N–H and O–H groups in total. The number of nitrogens with one attached hydrogen (secondary N) is 2. The third kappa shape index (κ3) is 6.00. The van der Waals surface area contributed by atoms with Gasteiger partial charge >= 0.3 is 0 Å². The van der Waals surface area contributed by atoms with E-state index in [4.69, 9.17) is 9.47 Å². The van der Waals surface area contributed by atoms with Crippen molar-refractivity contribution in [3.63, 3.8) is 0 Å². The van der Waals surface area contributed by atoms with Gasteiger partial charge in [-0.3, -0.25) is 4.79 Å². The maximum atomic E-state index is 11.8. The highest BCUT2D eigenvalue weighted by molar-refractivity contribution is 5.92. The summed E-state index contributed by atoms with van der Waals surface area (Å²) in [4.78, 5) is 11.8. The maximum absolute atomic E-state index is 11.8. The molecule has 0 aliphatic heterocycles. The predicted molar refractivity (Wildman–Crippen MR) is 91.2 cm³/mol. The van der Waals surface area contributed by atoms with Gasteiger partial charge in [0, 0.05) is 12.2 Å². The summed E-state index contributed by atoms with van der Waals surface area (Å²) in [5, 5.41) is 5.88. The van der Waals surface area contributed by atoms with Crippen molar-refractivity contribution in [2.24, 2.45) is 0 Å². The van der Waals surface area contributed by atoms with E-state index in [2.05, 4.69) is 10.6 Å². The molecule has 0 atom stereocenters. The first-order valence-corrected chi connectivity index (χ1v) is 7.51. The van der Waals surface area contributed by atoms with Crippen LogP contribution >= 0.6 is 0 Å². The summed E-state index contributed by atoms with van der Waals surface area (Å²) in [6, 6.07) is 15.1. The summed E-state index contributed by atoms with van der Waals surface area (Å²) in [6.07, 6.45) is 0. The zero-order valence-electron chi connectivity index (χ0n) is 13.5. The van der Waals surface area contributed by atoms with Gasteiger partial charge in [-0.05, 0) is 43.3 Å². The van der Waals surface area contributed by atoms with Crippen molar-refractivity contribution in [3.8, 4) is 11.5 Å². The van der Waals surface area contributed by atoms with Crippen molar-refractivity contribution < 1.29 is 14.3 Å². The number of hydrogen-bond acceptors (Lipinski definition) is 4. The number of amides is 1. The molecule has 0 saturated heterocycles. The molecule has 0 heterocycles. The lowest BCUT2D eigenvalue weighted by molar-refractivity contribution is -0.115. The molecule has 0 radical (unpaired) electrons. The first kappa shape index (κ1) is 16.8. The number of rotatable bonds is 8. The number of carbonyl (C=O) groups is 1. The van der Waals surface area contributed by atoms with E-state index in [1.54, 1.807) is 7.11 Å². The fourth-order valence-corrected chi connectivity index (χ4v) is 1.96. The Morgan fingerprint density at radius 2 is 1.65 bits per heavy atom. The molecule has 2 aromatic rings. The highest BCUT2D eigenvalue weighted by atomic mass is 16.5. The Hall–Kier alpha value is -2.53. The van der Waals surface area contributed by atoms with Gasteiger partial charge in [-0.15, -0.1) is 0 Å². The van der Waals surface area contributed by atoms with Crippen molar-refractivity contribution in [2.45, 2.75) is 6.92 Å². The van der Waals surface area contributed by atoms with Crippen molar-refractivity contribution >= 4 is 11.6 Å². The van der Waals surface area contributed by atoms with Crippen LogP contribution in [0.25, 0.3) is 0 Å². The lowest BCUT2D eigenvalue weighted by Crippen LogP contribution is -2.31. The van der Waals surface area contributed by atoms with Crippen LogP contribution in [0.4, 0.5) is 5.69 Å². The van der Waals surface area contributed by atoms with Crippen LogP contribution in [0.5, 0.6) is 11.5 Å². The summed E-state index contributed by atoms with van der Waals surface area (Å²) in [5.74, 6) is 1.50. The fraction of sp³-hybridized carbons (Fsp3) is 0.278. The number of anilines is 1. The minimum atomic E-state index is -0.0710. The molecule has 0 unspecified atom stereocenters. The molecule has 0 fully saturated rings. The summed E-state index contributed by atoms with van der Waals surface area (Å²) in [6.45, 7) is 3.34. The largest absolute Gasteiger partial charge is 0.497 e. The van der Waals surface area contributed by atoms with Gasteiger partial charge in [-0.1, -0.05) is 17.7 Å². The molecule has 2 aromatic carbocycles. The van der Waals surface area contributed by atoms with Crippen LogP contribution < -0.4 is 20.1 Å². The molecule has 1 amide bonds. The van der Waals surface area contributed by atoms with Crippen LogP contribution in [0.1, 0.15) is 5.56 Å². The third-order valence-electron chi connectivity index (χ3n) is 3.23. The van der Waals surface area contributed by atoms with E-state index in [0.717, 1.165) is 22.7 Å². The standard InChI is InChI=1S/C18H22N2O3/c1-14-3-5-15(6-4-14)20-18(21)13-19-11-12-23-17-9-7-16(22-2)8-10-17/h3-10,19H,11-13H2,1-2H3,(H,20,21). The zero-order valence-corrected chi connectivity index (χ0v) is 13.5. The topological polar surface area (TPSA) is 59.6 Å². The summed E-state index contributed by atoms with van der Waals surface area (Å²) in [5.41, 5.74) is 1.97. The average Bonchev–Trinajstić information content (AvgIpc) is 2.57. The van der Waals surface area contributed by atoms with Crippen LogP contribution in [-0.4, -0.2) is 32.7 Å². The van der Waals surface area contributed by atoms with Gasteiger partial charge < -0.3 is 20.1 Å². The molecule has 23 heavy (non-hydrogen) atoms. The molecule has 0 saturated carbocycles. The average molecular weight is 314 g/mol. The van der Waals surface area contributed by atoms with E-state index in [9.17, 15) is 4.79 Å². The smallest absolute Gasteiger partial charge is 0.238 e. The molecule has 0 spiro atoms. The molecule has 0 bridgehead atoms. The Kier molecular flexibility index (Phi) is 6.44. The second-order valence-electron chi connectivity index (χ2n) is 5.11. The highest BCUT2D eigenvalue weighted by Gasteiger charge is 2.01. The predicted octanol–water partition coefficient (Wildman–Crippen LogP) is 2.61. The molecule has 2 rings (SSSR count). The van der Waals surface area contributed by atoms with E-state index < -0.39 is 0 Å². The number of benzene rings is 2. The van der Waals surface area contributed by atoms with E-state index in [0.29, 0.717) is 13.2 Å². The normalized spacial score (nSPS) is 10.2. The van der Waals surface area contributed by atoms with Crippen LogP contribution in [0, 0.1) is 6.92 Å². The molecular formula is C18H22N2O3. The molecule has 0 aliphatic carbocycles. The van der Waals surface area contributed by atoms with Crippen LogP contribution in [0.2, 0.25) is 0 Å². The molecule has 0 aliphatic rings. The lowest BCUT2D eigenvalue weighted by atomic mass is 10.2. The second kappa shape index (κ2) is 8.80. The number of aryl methyl sites for hydroxylation is 1. The van der Waals surface area contributed by atoms with Crippen molar-refractivity contribution in [3.05, 3.63) is 54.1 Å². The first-order valence-electron chi connectivity index (χ1n) is 7.51. The van der Waals surface area contributed by atoms with Crippen LogP contribution in [0.3, 0.4) is 0 Å². The summed E-state index contributed by atoms with van der Waals surface area (Å²) < 4.78 is 10.7. The Morgan fingerprint density at radius 3 is 2.30 bits per heavy atom. The van der Waals surface area contributed by atoms with Gasteiger partial charge in [0.2, 0.25) is 5.91 Å². The number of methoxy groups -OCH3 is 1. The minimum absolute atomic E-state index is 0.0710. The lowest BCUT2D eigenvalue weighted by Gasteiger charge is -2.09. The molecule has 122 valence electrons. The Balaban J connectivity index is 1.61. The zero-order chi connectivity index (χ0) is 16.5. The Morgan fingerprint density at radius 1 is 1.00 bits per heavy atom. The second-order valence-corrected chi connectivity index (χ2v) is 5.11. The van der Waals surface area contributed by atoms with E-state index in [1.807, 2.05) is 55.5 Å². The van der Waals surface area contributed by atoms with Crippen molar-refractivity contribution in [2.75, 3.05) is 32.1 Å². The molecular weight excluding hydrogens is 292 g/mol. The molecule has 5 heteroatoms. The maximum Gasteiger partial charge on any atom is 0.238 e. The van der Waals surface area contributed by atoms with Crippen LogP contribution in [0.15, 0.2) is 48.5 Å². The monoisotopic (exact) mass is 314 g/mol. The quantitative estimate of drug-likeness (QED) is 0.735.